The Bertz CT molecular complexity index is 1530. The second-order valence-electron chi connectivity index (χ2n) is 8.26. The van der Waals surface area contributed by atoms with Crippen LogP contribution >= 0.6 is 0 Å². The maximum absolute atomic E-state index is 14.1. The van der Waals surface area contributed by atoms with Gasteiger partial charge in [-0.25, -0.2) is 26.9 Å². The summed E-state index contributed by atoms with van der Waals surface area (Å²) in [4.78, 5) is 23.4. The van der Waals surface area contributed by atoms with E-state index in [-0.39, 0.29) is 49.2 Å². The van der Waals surface area contributed by atoms with Crippen LogP contribution in [0.15, 0.2) is 36.5 Å². The molecule has 0 N–H and O–H groups in total. The number of alkyl halides is 3. The molecule has 0 bridgehead atoms. The molecule has 0 radical (unpaired) electrons. The van der Waals surface area contributed by atoms with Gasteiger partial charge in [0.2, 0.25) is 11.8 Å². The molecule has 0 aliphatic carbocycles. The maximum Gasteiger partial charge on any atom is 0.416 e. The van der Waals surface area contributed by atoms with E-state index in [0.717, 1.165) is 17.0 Å². The fourth-order valence-corrected chi connectivity index (χ4v) is 4.05. The molecule has 0 unspecified atom stereocenters. The number of aromatic nitrogens is 4. The molecule has 4 aromatic rings. The number of carbonyl (C=O) groups is 1. The van der Waals surface area contributed by atoms with Crippen LogP contribution in [0.3, 0.4) is 0 Å². The number of piperazine rings is 1. The Morgan fingerprint density at radius 1 is 0.842 bits per heavy atom. The topological polar surface area (TPSA) is 66.6 Å². The van der Waals surface area contributed by atoms with E-state index < -0.39 is 52.3 Å². The molecule has 1 amide bonds. The smallest absolute Gasteiger partial charge is 0.336 e. The van der Waals surface area contributed by atoms with Crippen molar-refractivity contribution in [3.8, 4) is 11.3 Å². The highest BCUT2D eigenvalue weighted by atomic mass is 19.4. The first-order valence-corrected chi connectivity index (χ1v) is 10.9. The van der Waals surface area contributed by atoms with Gasteiger partial charge in [-0.3, -0.25) is 4.79 Å². The molecule has 0 spiro atoms. The van der Waals surface area contributed by atoms with Crippen LogP contribution in [0.1, 0.15) is 15.9 Å². The lowest BCUT2D eigenvalue weighted by Crippen LogP contribution is -2.49. The highest BCUT2D eigenvalue weighted by molar-refractivity contribution is 5.95. The molecule has 0 atom stereocenters. The molecular formula is C23H14F8N6O. The van der Waals surface area contributed by atoms with Crippen molar-refractivity contribution in [2.45, 2.75) is 6.18 Å². The van der Waals surface area contributed by atoms with E-state index in [0.29, 0.717) is 0 Å². The molecule has 7 nitrogen and oxygen atoms in total. The minimum Gasteiger partial charge on any atom is -0.336 e. The molecule has 1 saturated heterocycles. The molecular weight excluding hydrogens is 528 g/mol. The van der Waals surface area contributed by atoms with Gasteiger partial charge < -0.3 is 9.80 Å². The van der Waals surface area contributed by atoms with Crippen LogP contribution in [-0.2, 0) is 6.18 Å². The highest BCUT2D eigenvalue weighted by Gasteiger charge is 2.34. The molecule has 15 heteroatoms. The van der Waals surface area contributed by atoms with E-state index in [9.17, 15) is 39.9 Å². The van der Waals surface area contributed by atoms with Crippen molar-refractivity contribution in [1.29, 1.82) is 0 Å². The van der Waals surface area contributed by atoms with Crippen LogP contribution in [0.25, 0.3) is 17.0 Å². The average Bonchev–Trinajstić information content (AvgIpc) is 3.35. The molecule has 2 aromatic heterocycles. The van der Waals surface area contributed by atoms with E-state index in [1.807, 2.05) is 0 Å². The van der Waals surface area contributed by atoms with Crippen molar-refractivity contribution < 1.29 is 39.9 Å². The number of halogens is 8. The average molecular weight is 542 g/mol. The molecule has 1 aliphatic rings. The van der Waals surface area contributed by atoms with Crippen molar-refractivity contribution in [2.24, 2.45) is 0 Å². The predicted octanol–water partition coefficient (Wildman–Crippen LogP) is 4.47. The van der Waals surface area contributed by atoms with Crippen molar-refractivity contribution >= 4 is 17.6 Å². The van der Waals surface area contributed by atoms with Gasteiger partial charge >= 0.3 is 6.18 Å². The zero-order valence-corrected chi connectivity index (χ0v) is 18.9. The summed E-state index contributed by atoms with van der Waals surface area (Å²) in [5.41, 5.74) is -1.91. The van der Waals surface area contributed by atoms with Gasteiger partial charge in [0.05, 0.1) is 11.3 Å². The molecule has 1 aliphatic heterocycles. The van der Waals surface area contributed by atoms with E-state index in [1.54, 1.807) is 4.90 Å². The largest absolute Gasteiger partial charge is 0.416 e. The van der Waals surface area contributed by atoms with Crippen LogP contribution in [0.5, 0.6) is 0 Å². The molecule has 2 aromatic carbocycles. The first-order chi connectivity index (χ1) is 18.0. The maximum atomic E-state index is 14.1. The Morgan fingerprint density at radius 2 is 1.47 bits per heavy atom. The van der Waals surface area contributed by atoms with Gasteiger partial charge in [0.25, 0.3) is 11.7 Å². The summed E-state index contributed by atoms with van der Waals surface area (Å²) < 4.78 is 109. The van der Waals surface area contributed by atoms with Crippen molar-refractivity contribution in [2.75, 3.05) is 31.1 Å². The van der Waals surface area contributed by atoms with Gasteiger partial charge in [0.1, 0.15) is 5.56 Å². The second-order valence-corrected chi connectivity index (χ2v) is 8.26. The van der Waals surface area contributed by atoms with E-state index in [4.69, 9.17) is 0 Å². The standard InChI is InChI=1S/C23H14F8N6O/c24-15-14(16(25)18(27)19(28)17(15)26)20(38)35-6-8-36(9-7-35)22-33-21-32-5-4-13(37(21)34-22)11-2-1-3-12(10-11)23(29,30)31/h1-5,10H,6-9H2. The Kier molecular flexibility index (Phi) is 6.15. The molecule has 1 fully saturated rings. The van der Waals surface area contributed by atoms with Crippen LogP contribution in [-0.4, -0.2) is 56.6 Å². The zero-order chi connectivity index (χ0) is 27.4. The first-order valence-electron chi connectivity index (χ1n) is 10.9. The number of hydrogen-bond acceptors (Lipinski definition) is 5. The number of fused-ring (bicyclic) bond motifs is 1. The Labute approximate surface area is 207 Å². The minimum absolute atomic E-state index is 0.0247. The second kappa shape index (κ2) is 9.22. The molecule has 3 heterocycles. The number of nitrogens with zero attached hydrogens (tertiary/aromatic N) is 6. The summed E-state index contributed by atoms with van der Waals surface area (Å²) in [5.74, 6) is -12.4. The van der Waals surface area contributed by atoms with Crippen LogP contribution in [0, 0.1) is 29.1 Å². The van der Waals surface area contributed by atoms with Crippen LogP contribution in [0.2, 0.25) is 0 Å². The Balaban J connectivity index is 1.38. The van der Waals surface area contributed by atoms with Crippen molar-refractivity contribution in [3.63, 3.8) is 0 Å². The third kappa shape index (κ3) is 4.26. The lowest BCUT2D eigenvalue weighted by molar-refractivity contribution is -0.137. The molecule has 198 valence electrons. The third-order valence-corrected chi connectivity index (χ3v) is 5.99. The van der Waals surface area contributed by atoms with E-state index in [1.165, 1.54) is 28.9 Å². The summed E-state index contributed by atoms with van der Waals surface area (Å²) in [6, 6.07) is 6.07. The van der Waals surface area contributed by atoms with Gasteiger partial charge in [0, 0.05) is 37.9 Å². The lowest BCUT2D eigenvalue weighted by atomic mass is 10.1. The molecule has 0 saturated carbocycles. The number of carbonyl (C=O) groups excluding carboxylic acids is 1. The fraction of sp³-hybridized carbons (Fsp3) is 0.217. The predicted molar refractivity (Wildman–Crippen MR) is 116 cm³/mol. The van der Waals surface area contributed by atoms with Gasteiger partial charge in [-0.15, -0.1) is 5.10 Å². The number of rotatable bonds is 3. The Hall–Kier alpha value is -4.30. The molecule has 38 heavy (non-hydrogen) atoms. The Morgan fingerprint density at radius 3 is 2.11 bits per heavy atom. The summed E-state index contributed by atoms with van der Waals surface area (Å²) in [6.07, 6.45) is -3.20. The van der Waals surface area contributed by atoms with Crippen LogP contribution < -0.4 is 4.90 Å². The number of amides is 1. The number of anilines is 1. The van der Waals surface area contributed by atoms with Gasteiger partial charge in [-0.2, -0.15) is 22.7 Å². The van der Waals surface area contributed by atoms with Crippen molar-refractivity contribution in [3.05, 3.63) is 76.7 Å². The first kappa shape index (κ1) is 25.4. The van der Waals surface area contributed by atoms with Crippen molar-refractivity contribution in [1.82, 2.24) is 24.5 Å². The van der Waals surface area contributed by atoms with E-state index >= 15 is 0 Å². The summed E-state index contributed by atoms with van der Waals surface area (Å²) in [5, 5.41) is 4.32. The zero-order valence-electron chi connectivity index (χ0n) is 18.9. The van der Waals surface area contributed by atoms with E-state index in [2.05, 4.69) is 15.1 Å². The lowest BCUT2D eigenvalue weighted by Gasteiger charge is -2.34. The monoisotopic (exact) mass is 542 g/mol. The van der Waals surface area contributed by atoms with Gasteiger partial charge in [-0.05, 0) is 18.2 Å². The molecule has 5 rings (SSSR count). The summed E-state index contributed by atoms with van der Waals surface area (Å²) >= 11 is 0. The SMILES string of the molecule is O=C(c1c(F)c(F)c(F)c(F)c1F)N1CCN(c2nc3nccc(-c4cccc(C(F)(F)F)c4)n3n2)CC1. The number of benzene rings is 2. The van der Waals surface area contributed by atoms with Crippen LogP contribution in [0.4, 0.5) is 41.1 Å². The normalized spacial score (nSPS) is 14.4. The minimum atomic E-state index is -4.55. The van der Waals surface area contributed by atoms with Gasteiger partial charge in [-0.1, -0.05) is 12.1 Å². The summed E-state index contributed by atoms with van der Waals surface area (Å²) in [7, 11) is 0. The third-order valence-electron chi connectivity index (χ3n) is 5.99. The summed E-state index contributed by atoms with van der Waals surface area (Å²) in [6.45, 7) is -0.280. The highest BCUT2D eigenvalue weighted by Crippen LogP contribution is 2.32. The fourth-order valence-electron chi connectivity index (χ4n) is 4.05. The quantitative estimate of drug-likeness (QED) is 0.217. The van der Waals surface area contributed by atoms with Gasteiger partial charge in [0.15, 0.2) is 23.3 Å². The number of hydrogen-bond donors (Lipinski definition) is 0.